The third kappa shape index (κ3) is 3.03. The predicted molar refractivity (Wildman–Crippen MR) is 80.1 cm³/mol. The van der Waals surface area contributed by atoms with E-state index in [-0.39, 0.29) is 10.8 Å². The number of rotatable bonds is 4. The molecule has 3 aromatic rings. The summed E-state index contributed by atoms with van der Waals surface area (Å²) in [4.78, 5) is 3.90. The minimum atomic E-state index is -0.383. The van der Waals surface area contributed by atoms with Gasteiger partial charge in [0.15, 0.2) is 0 Å². The number of hydrogen-bond acceptors (Lipinski definition) is 3. The first-order valence-corrected chi connectivity index (χ1v) is 6.73. The van der Waals surface area contributed by atoms with Gasteiger partial charge in [-0.05, 0) is 30.3 Å². The number of benzene rings is 2. The number of nitrogens with one attached hydrogen (secondary N) is 1. The van der Waals surface area contributed by atoms with Gasteiger partial charge in [-0.1, -0.05) is 23.7 Å². The molecule has 0 saturated heterocycles. The minimum Gasteiger partial charge on any atom is -0.381 e. The molecule has 21 heavy (non-hydrogen) atoms. The van der Waals surface area contributed by atoms with Crippen molar-refractivity contribution in [1.82, 2.24) is 14.8 Å². The van der Waals surface area contributed by atoms with Crippen LogP contribution in [0.2, 0.25) is 5.02 Å². The van der Waals surface area contributed by atoms with Gasteiger partial charge in [0.05, 0.1) is 10.7 Å². The minimum absolute atomic E-state index is 0.135. The van der Waals surface area contributed by atoms with E-state index in [1.54, 1.807) is 23.1 Å². The van der Waals surface area contributed by atoms with Crippen molar-refractivity contribution in [2.24, 2.45) is 0 Å². The lowest BCUT2D eigenvalue weighted by Gasteiger charge is -2.09. The van der Waals surface area contributed by atoms with E-state index in [1.165, 1.54) is 12.4 Å². The van der Waals surface area contributed by atoms with Crippen LogP contribution in [0.25, 0.3) is 5.69 Å². The summed E-state index contributed by atoms with van der Waals surface area (Å²) >= 11 is 5.76. The smallest absolute Gasteiger partial charge is 0.146 e. The van der Waals surface area contributed by atoms with Gasteiger partial charge in [0, 0.05) is 17.8 Å². The Morgan fingerprint density at radius 3 is 2.67 bits per heavy atom. The van der Waals surface area contributed by atoms with E-state index in [4.69, 9.17) is 11.6 Å². The molecule has 0 aliphatic heterocycles. The molecule has 0 spiro atoms. The second kappa shape index (κ2) is 5.93. The summed E-state index contributed by atoms with van der Waals surface area (Å²) in [7, 11) is 0. The molecular formula is C15H12ClFN4. The van der Waals surface area contributed by atoms with Gasteiger partial charge >= 0.3 is 0 Å². The first-order valence-electron chi connectivity index (χ1n) is 6.36. The van der Waals surface area contributed by atoms with Crippen molar-refractivity contribution in [3.63, 3.8) is 0 Å². The normalized spacial score (nSPS) is 10.6. The highest BCUT2D eigenvalue weighted by Crippen LogP contribution is 2.19. The molecule has 3 rings (SSSR count). The molecule has 0 unspecified atom stereocenters. The number of anilines is 1. The molecule has 0 aliphatic rings. The van der Waals surface area contributed by atoms with Gasteiger partial charge in [-0.2, -0.15) is 5.10 Å². The van der Waals surface area contributed by atoms with Crippen LogP contribution < -0.4 is 5.32 Å². The van der Waals surface area contributed by atoms with Crippen molar-refractivity contribution in [2.75, 3.05) is 5.32 Å². The monoisotopic (exact) mass is 302 g/mol. The molecule has 106 valence electrons. The van der Waals surface area contributed by atoms with Gasteiger partial charge in [0.25, 0.3) is 0 Å². The zero-order valence-corrected chi connectivity index (χ0v) is 11.8. The topological polar surface area (TPSA) is 42.7 Å². The Hall–Kier alpha value is -2.40. The lowest BCUT2D eigenvalue weighted by atomic mass is 10.2. The Morgan fingerprint density at radius 1 is 1.14 bits per heavy atom. The average Bonchev–Trinajstić information content (AvgIpc) is 3.04. The highest BCUT2D eigenvalue weighted by atomic mass is 35.5. The van der Waals surface area contributed by atoms with Crippen LogP contribution in [-0.2, 0) is 6.54 Å². The van der Waals surface area contributed by atoms with E-state index in [0.717, 1.165) is 11.4 Å². The largest absolute Gasteiger partial charge is 0.381 e. The highest BCUT2D eigenvalue weighted by Gasteiger charge is 2.05. The zero-order valence-electron chi connectivity index (χ0n) is 11.0. The molecule has 0 radical (unpaired) electrons. The molecule has 1 N–H and O–H groups in total. The molecule has 0 amide bonds. The molecule has 2 aromatic carbocycles. The standard InChI is InChI=1S/C15H12ClFN4/c16-14-3-1-2-11(15(14)17)8-19-12-4-6-13(7-5-12)21-10-18-9-20-21/h1-7,9-10,19H,8H2. The maximum Gasteiger partial charge on any atom is 0.146 e. The van der Waals surface area contributed by atoms with E-state index >= 15 is 0 Å². The fourth-order valence-electron chi connectivity index (χ4n) is 1.96. The van der Waals surface area contributed by atoms with Crippen molar-refractivity contribution in [1.29, 1.82) is 0 Å². The molecule has 1 heterocycles. The molecule has 4 nitrogen and oxygen atoms in total. The van der Waals surface area contributed by atoms with E-state index < -0.39 is 0 Å². The Balaban J connectivity index is 1.70. The third-order valence-electron chi connectivity index (χ3n) is 3.07. The Morgan fingerprint density at radius 2 is 1.95 bits per heavy atom. The fraction of sp³-hybridized carbons (Fsp3) is 0.0667. The number of aromatic nitrogens is 3. The number of halogens is 2. The summed E-state index contributed by atoms with van der Waals surface area (Å²) in [6.45, 7) is 0.370. The summed E-state index contributed by atoms with van der Waals surface area (Å²) in [6, 6.07) is 12.6. The van der Waals surface area contributed by atoms with Crippen LogP contribution in [-0.4, -0.2) is 14.8 Å². The van der Waals surface area contributed by atoms with Gasteiger partial charge in [0.1, 0.15) is 18.5 Å². The van der Waals surface area contributed by atoms with E-state index in [0.29, 0.717) is 12.1 Å². The maximum absolute atomic E-state index is 13.8. The maximum atomic E-state index is 13.8. The fourth-order valence-corrected chi connectivity index (χ4v) is 2.15. The second-order valence-electron chi connectivity index (χ2n) is 4.45. The molecule has 0 saturated carbocycles. The summed E-state index contributed by atoms with van der Waals surface area (Å²) in [5, 5.41) is 7.34. The SMILES string of the molecule is Fc1c(Cl)cccc1CNc1ccc(-n2cncn2)cc1. The lowest BCUT2D eigenvalue weighted by molar-refractivity contribution is 0.613. The van der Waals surface area contributed by atoms with Crippen LogP contribution in [0.1, 0.15) is 5.56 Å². The average molecular weight is 303 g/mol. The van der Waals surface area contributed by atoms with Crippen LogP contribution >= 0.6 is 11.6 Å². The molecule has 6 heteroatoms. The van der Waals surface area contributed by atoms with E-state index in [2.05, 4.69) is 15.4 Å². The molecule has 0 aliphatic carbocycles. The van der Waals surface area contributed by atoms with E-state index in [1.807, 2.05) is 24.3 Å². The molecule has 0 bridgehead atoms. The summed E-state index contributed by atoms with van der Waals surface area (Å²) in [5.41, 5.74) is 2.33. The quantitative estimate of drug-likeness (QED) is 0.799. The Labute approximate surface area is 126 Å². The molecule has 1 aromatic heterocycles. The van der Waals surface area contributed by atoms with Crippen LogP contribution in [0.4, 0.5) is 10.1 Å². The van der Waals surface area contributed by atoms with Crippen molar-refractivity contribution in [3.05, 3.63) is 71.5 Å². The van der Waals surface area contributed by atoms with Gasteiger partial charge in [-0.3, -0.25) is 0 Å². The number of nitrogens with zero attached hydrogens (tertiary/aromatic N) is 3. The third-order valence-corrected chi connectivity index (χ3v) is 3.36. The van der Waals surface area contributed by atoms with Crippen molar-refractivity contribution in [2.45, 2.75) is 6.54 Å². The first kappa shape index (κ1) is 13.6. The van der Waals surface area contributed by atoms with Crippen LogP contribution in [0.3, 0.4) is 0 Å². The lowest BCUT2D eigenvalue weighted by Crippen LogP contribution is -2.02. The first-order chi connectivity index (χ1) is 10.2. The summed E-state index contributed by atoms with van der Waals surface area (Å²) < 4.78 is 15.4. The number of hydrogen-bond donors (Lipinski definition) is 1. The molecule has 0 fully saturated rings. The van der Waals surface area contributed by atoms with Gasteiger partial charge in [-0.25, -0.2) is 14.1 Å². The van der Waals surface area contributed by atoms with Crippen LogP contribution in [0.5, 0.6) is 0 Å². The second-order valence-corrected chi connectivity index (χ2v) is 4.86. The Bertz CT molecular complexity index is 726. The van der Waals surface area contributed by atoms with Crippen molar-refractivity contribution in [3.8, 4) is 5.69 Å². The zero-order chi connectivity index (χ0) is 14.7. The molecule has 0 atom stereocenters. The Kier molecular flexibility index (Phi) is 3.83. The van der Waals surface area contributed by atoms with E-state index in [9.17, 15) is 4.39 Å². The predicted octanol–water partition coefficient (Wildman–Crippen LogP) is 3.67. The highest BCUT2D eigenvalue weighted by molar-refractivity contribution is 6.30. The van der Waals surface area contributed by atoms with Crippen LogP contribution in [0, 0.1) is 5.82 Å². The van der Waals surface area contributed by atoms with Crippen molar-refractivity contribution < 1.29 is 4.39 Å². The van der Waals surface area contributed by atoms with Crippen molar-refractivity contribution >= 4 is 17.3 Å². The van der Waals surface area contributed by atoms with Crippen LogP contribution in [0.15, 0.2) is 55.1 Å². The van der Waals surface area contributed by atoms with Gasteiger partial charge < -0.3 is 5.32 Å². The summed E-state index contributed by atoms with van der Waals surface area (Å²) in [6.07, 6.45) is 3.11. The molecular weight excluding hydrogens is 291 g/mol. The van der Waals surface area contributed by atoms with Gasteiger partial charge in [0.2, 0.25) is 0 Å². The summed E-state index contributed by atoms with van der Waals surface area (Å²) in [5.74, 6) is -0.383. The van der Waals surface area contributed by atoms with Gasteiger partial charge in [-0.15, -0.1) is 0 Å².